The smallest absolute Gasteiger partial charge is 0.408 e. The van der Waals surface area contributed by atoms with Gasteiger partial charge in [0.25, 0.3) is 0 Å². The number of alkyl carbamates (subject to hydrolysis) is 1. The quantitative estimate of drug-likeness (QED) is 0.0933. The lowest BCUT2D eigenvalue weighted by atomic mass is 9.84. The van der Waals surface area contributed by atoms with Crippen LogP contribution >= 0.6 is 12.6 Å². The van der Waals surface area contributed by atoms with Gasteiger partial charge in [-0.3, -0.25) is 14.4 Å². The summed E-state index contributed by atoms with van der Waals surface area (Å²) in [7, 11) is 0. The number of ether oxygens (including phenoxy) is 2. The maximum atomic E-state index is 14.4. The van der Waals surface area contributed by atoms with E-state index in [0.717, 1.165) is 37.7 Å². The van der Waals surface area contributed by atoms with Gasteiger partial charge in [-0.15, -0.1) is 12.6 Å². The van der Waals surface area contributed by atoms with Crippen molar-refractivity contribution in [1.82, 2.24) is 26.3 Å². The number of nitrogens with zero attached hydrogens (tertiary/aromatic N) is 1. The lowest BCUT2D eigenvalue weighted by Gasteiger charge is -2.35. The summed E-state index contributed by atoms with van der Waals surface area (Å²) >= 11 is 4.60. The Hall–Kier alpha value is -4.14. The molecule has 1 aliphatic heterocycles. The molecule has 288 valence electrons. The van der Waals surface area contributed by atoms with Crippen molar-refractivity contribution >= 4 is 47.5 Å². The second kappa shape index (κ2) is 17.8. The molecule has 2 aliphatic rings. The minimum Gasteiger partial charge on any atom is -0.445 e. The summed E-state index contributed by atoms with van der Waals surface area (Å²) in [5.41, 5.74) is 1.04. The van der Waals surface area contributed by atoms with Gasteiger partial charge in [0.05, 0.1) is 17.7 Å². The highest BCUT2D eigenvalue weighted by Gasteiger charge is 2.45. The lowest BCUT2D eigenvalue weighted by molar-refractivity contribution is -0.136. The van der Waals surface area contributed by atoms with Crippen molar-refractivity contribution < 1.29 is 38.2 Å². The topological polar surface area (TPSA) is 181 Å². The number of oxazole rings is 1. The van der Waals surface area contributed by atoms with Crippen LogP contribution in [-0.2, 0) is 35.4 Å². The Morgan fingerprint density at radius 1 is 0.962 bits per heavy atom. The molecule has 0 unspecified atom stereocenters. The molecule has 6 atom stereocenters. The van der Waals surface area contributed by atoms with Crippen LogP contribution in [0.15, 0.2) is 59.0 Å². The SMILES string of the molecule is C[C@@H](OC(C)(C)C)[C@H](NC(=O)OCc1ccccc1)C(=O)N[C@@H](CC1CCCCC1)C(=O)N[C@@H](C[C@@H]1CCNC1=O)[C@@](O)(S)c1nc2ccccc2o1. The Morgan fingerprint density at radius 2 is 1.66 bits per heavy atom. The zero-order chi connectivity index (χ0) is 38.2. The molecule has 53 heavy (non-hydrogen) atoms. The molecule has 4 amide bonds. The Bertz CT molecular complexity index is 1670. The van der Waals surface area contributed by atoms with Gasteiger partial charge < -0.3 is 40.3 Å². The molecule has 14 heteroatoms. The maximum Gasteiger partial charge on any atom is 0.408 e. The molecule has 0 spiro atoms. The molecule has 1 saturated carbocycles. The first-order chi connectivity index (χ1) is 25.2. The second-order valence-corrected chi connectivity index (χ2v) is 15.9. The number of para-hydroxylation sites is 2. The number of carbonyl (C=O) groups is 4. The first-order valence-corrected chi connectivity index (χ1v) is 19.0. The largest absolute Gasteiger partial charge is 0.445 e. The van der Waals surface area contributed by atoms with Crippen molar-refractivity contribution in [3.8, 4) is 0 Å². The minimum atomic E-state index is -2.13. The number of thiol groups is 1. The Morgan fingerprint density at radius 3 is 2.32 bits per heavy atom. The second-order valence-electron chi connectivity index (χ2n) is 15.2. The molecule has 1 aromatic heterocycles. The van der Waals surface area contributed by atoms with Crippen molar-refractivity contribution in [3.05, 3.63) is 66.1 Å². The number of nitrogens with one attached hydrogen (secondary N) is 4. The van der Waals surface area contributed by atoms with E-state index in [2.05, 4.69) is 38.9 Å². The summed E-state index contributed by atoms with van der Waals surface area (Å²) in [6.07, 6.45) is 4.13. The van der Waals surface area contributed by atoms with Gasteiger partial charge in [-0.1, -0.05) is 74.6 Å². The molecule has 5 N–H and O–H groups in total. The molecular weight excluding hydrogens is 699 g/mol. The third-order valence-electron chi connectivity index (χ3n) is 9.80. The van der Waals surface area contributed by atoms with Crippen molar-refractivity contribution in [1.29, 1.82) is 0 Å². The van der Waals surface area contributed by atoms with Crippen molar-refractivity contribution in [2.45, 2.75) is 120 Å². The van der Waals surface area contributed by atoms with Gasteiger partial charge in [0.1, 0.15) is 24.2 Å². The van der Waals surface area contributed by atoms with Gasteiger partial charge in [-0.05, 0) is 70.6 Å². The number of carbonyl (C=O) groups excluding carboxylic acids is 4. The van der Waals surface area contributed by atoms with Gasteiger partial charge >= 0.3 is 6.09 Å². The number of amides is 4. The maximum absolute atomic E-state index is 14.4. The number of aromatic nitrogens is 1. The highest BCUT2D eigenvalue weighted by Crippen LogP contribution is 2.36. The van der Waals surface area contributed by atoms with Gasteiger partial charge in [0, 0.05) is 12.5 Å². The van der Waals surface area contributed by atoms with E-state index in [1.807, 2.05) is 51.1 Å². The molecule has 1 saturated heterocycles. The van der Waals surface area contributed by atoms with Gasteiger partial charge in [0.15, 0.2) is 5.58 Å². The lowest BCUT2D eigenvalue weighted by Crippen LogP contribution is -2.60. The van der Waals surface area contributed by atoms with Gasteiger partial charge in [-0.2, -0.15) is 0 Å². The standard InChI is InChI=1S/C39H53N5O8S/c1-24(52-38(2,3)4)32(44-37(48)50-23-26-15-9-6-10-16-26)35(47)41-29(21-25-13-7-5-8-14-25)34(46)43-31(22-27-19-20-40-33(27)45)39(49,53)36-42-28-17-11-12-18-30(28)51-36/h6,9-12,15-18,24-25,27,29,31-32,49,53H,5,7-8,13-14,19-23H2,1-4H3,(H,40,45)(H,41,47)(H,43,46)(H,44,48)/t24-,27+,29+,31+,32+,39-/m1/s1. The van der Waals surface area contributed by atoms with E-state index < -0.39 is 58.6 Å². The fraction of sp³-hybridized carbons (Fsp3) is 0.564. The van der Waals surface area contributed by atoms with E-state index in [9.17, 15) is 24.3 Å². The molecule has 13 nitrogen and oxygen atoms in total. The Kier molecular flexibility index (Phi) is 13.4. The van der Waals surface area contributed by atoms with E-state index in [1.165, 1.54) is 0 Å². The molecule has 5 rings (SSSR count). The van der Waals surface area contributed by atoms with Crippen LogP contribution in [0.5, 0.6) is 0 Å². The van der Waals surface area contributed by atoms with E-state index in [4.69, 9.17) is 13.9 Å². The van der Waals surface area contributed by atoms with Crippen molar-refractivity contribution in [2.75, 3.05) is 6.54 Å². The molecular formula is C39H53N5O8S. The van der Waals surface area contributed by atoms with E-state index in [-0.39, 0.29) is 30.7 Å². The highest BCUT2D eigenvalue weighted by molar-refractivity contribution is 7.81. The predicted octanol–water partition coefficient (Wildman–Crippen LogP) is 4.87. The number of rotatable bonds is 15. The van der Waals surface area contributed by atoms with Crippen LogP contribution < -0.4 is 21.3 Å². The number of hydrogen-bond acceptors (Lipinski definition) is 10. The Balaban J connectivity index is 1.39. The molecule has 0 radical (unpaired) electrons. The number of fused-ring (bicyclic) bond motifs is 1. The molecule has 2 aromatic carbocycles. The summed E-state index contributed by atoms with van der Waals surface area (Å²) in [5.74, 6) is -1.91. The van der Waals surface area contributed by atoms with E-state index >= 15 is 0 Å². The third-order valence-corrected chi connectivity index (χ3v) is 10.3. The number of aliphatic hydroxyl groups is 1. The summed E-state index contributed by atoms with van der Waals surface area (Å²) in [5, 5.41) is 23.2. The first kappa shape index (κ1) is 40.1. The first-order valence-electron chi connectivity index (χ1n) is 18.5. The molecule has 0 bridgehead atoms. The molecule has 2 fully saturated rings. The monoisotopic (exact) mass is 751 g/mol. The molecule has 1 aliphatic carbocycles. The van der Waals surface area contributed by atoms with E-state index in [0.29, 0.717) is 30.5 Å². The number of benzene rings is 2. The summed E-state index contributed by atoms with van der Waals surface area (Å²) < 4.78 is 17.4. The summed E-state index contributed by atoms with van der Waals surface area (Å²) in [4.78, 5) is 56.7. The number of hydrogen-bond donors (Lipinski definition) is 6. The van der Waals surface area contributed by atoms with Crippen molar-refractivity contribution in [3.63, 3.8) is 0 Å². The average molecular weight is 752 g/mol. The summed E-state index contributed by atoms with van der Waals surface area (Å²) in [6.45, 7) is 7.65. The van der Waals surface area contributed by atoms with Crippen LogP contribution in [0.3, 0.4) is 0 Å². The van der Waals surface area contributed by atoms with Gasteiger partial charge in [-0.25, -0.2) is 9.78 Å². The van der Waals surface area contributed by atoms with Crippen LogP contribution in [0.2, 0.25) is 0 Å². The van der Waals surface area contributed by atoms with E-state index in [1.54, 1.807) is 31.2 Å². The van der Waals surface area contributed by atoms with Crippen LogP contribution in [0, 0.1) is 11.8 Å². The van der Waals surface area contributed by atoms with Crippen LogP contribution in [0.25, 0.3) is 11.1 Å². The fourth-order valence-electron chi connectivity index (χ4n) is 7.09. The zero-order valence-electron chi connectivity index (χ0n) is 30.9. The average Bonchev–Trinajstić information content (AvgIpc) is 3.75. The van der Waals surface area contributed by atoms with Crippen LogP contribution in [0.4, 0.5) is 4.79 Å². The minimum absolute atomic E-state index is 0.00460. The predicted molar refractivity (Wildman–Crippen MR) is 202 cm³/mol. The highest BCUT2D eigenvalue weighted by atomic mass is 32.1. The van der Waals surface area contributed by atoms with Crippen LogP contribution in [0.1, 0.15) is 90.5 Å². The zero-order valence-corrected chi connectivity index (χ0v) is 31.8. The Labute approximate surface area is 316 Å². The fourth-order valence-corrected chi connectivity index (χ4v) is 7.36. The van der Waals surface area contributed by atoms with Gasteiger partial charge in [0.2, 0.25) is 28.5 Å². The third kappa shape index (κ3) is 11.2. The van der Waals surface area contributed by atoms with Crippen molar-refractivity contribution in [2.24, 2.45) is 11.8 Å². The molecule has 2 heterocycles. The van der Waals surface area contributed by atoms with Crippen LogP contribution in [-0.4, -0.2) is 70.3 Å². The molecule has 3 aromatic rings. The summed E-state index contributed by atoms with van der Waals surface area (Å²) in [6, 6.07) is 12.7. The normalized spacial score (nSPS) is 20.0.